The van der Waals surface area contributed by atoms with Crippen molar-refractivity contribution in [3.8, 4) is 11.5 Å². The van der Waals surface area contributed by atoms with E-state index in [2.05, 4.69) is 10.1 Å². The van der Waals surface area contributed by atoms with E-state index in [-0.39, 0.29) is 23.2 Å². The number of ether oxygens (including phenoxy) is 1. The van der Waals surface area contributed by atoms with Crippen molar-refractivity contribution in [3.63, 3.8) is 0 Å². The van der Waals surface area contributed by atoms with Gasteiger partial charge in [-0.3, -0.25) is 0 Å². The summed E-state index contributed by atoms with van der Waals surface area (Å²) in [6, 6.07) is 4.46. The molecule has 0 amide bonds. The summed E-state index contributed by atoms with van der Waals surface area (Å²) in [5, 5.41) is 3.92. The second kappa shape index (κ2) is 5.20. The number of hydrogen-bond donors (Lipinski definition) is 1. The zero-order valence-corrected chi connectivity index (χ0v) is 11.2. The largest absolute Gasteiger partial charge is 0.398 e. The summed E-state index contributed by atoms with van der Waals surface area (Å²) in [4.78, 5) is 4.26. The Kier molecular flexibility index (Phi) is 3.40. The molecule has 6 heteroatoms. The number of nitrogen functional groups attached to an aromatic ring is 1. The molecule has 1 unspecified atom stereocenters. The van der Waals surface area contributed by atoms with Crippen molar-refractivity contribution in [2.45, 2.75) is 25.9 Å². The van der Waals surface area contributed by atoms with Gasteiger partial charge in [0.05, 0.1) is 5.56 Å². The molecule has 0 spiro atoms. The first-order chi connectivity index (χ1) is 9.70. The number of nitrogens with two attached hydrogens (primary N) is 1. The van der Waals surface area contributed by atoms with Crippen LogP contribution in [0, 0.1) is 11.7 Å². The minimum absolute atomic E-state index is 0.0981. The first kappa shape index (κ1) is 13.1. The van der Waals surface area contributed by atoms with E-state index in [0.29, 0.717) is 18.3 Å². The molecule has 1 aliphatic rings. The van der Waals surface area contributed by atoms with E-state index in [1.165, 1.54) is 6.07 Å². The Morgan fingerprint density at radius 3 is 2.95 bits per heavy atom. The van der Waals surface area contributed by atoms with Crippen LogP contribution in [-0.4, -0.2) is 16.7 Å². The number of rotatable bonds is 5. The fourth-order valence-electron chi connectivity index (χ4n) is 2.22. The lowest BCUT2D eigenvalue weighted by molar-refractivity contribution is 0.0385. The molecule has 0 saturated heterocycles. The Hall–Kier alpha value is -1.95. The molecule has 5 nitrogen and oxygen atoms in total. The third-order valence-electron chi connectivity index (χ3n) is 3.35. The normalized spacial score (nSPS) is 16.3. The van der Waals surface area contributed by atoms with Gasteiger partial charge in [0.25, 0.3) is 5.89 Å². The SMILES string of the molecule is CCOC(c1noc(-c2c(N)cccc2F)n1)C1CC1. The smallest absolute Gasteiger partial charge is 0.263 e. The summed E-state index contributed by atoms with van der Waals surface area (Å²) < 4.78 is 24.6. The number of aromatic nitrogens is 2. The summed E-state index contributed by atoms with van der Waals surface area (Å²) in [6.07, 6.45) is 2.01. The molecule has 1 heterocycles. The van der Waals surface area contributed by atoms with Gasteiger partial charge in [-0.15, -0.1) is 0 Å². The van der Waals surface area contributed by atoms with Crippen LogP contribution < -0.4 is 5.73 Å². The van der Waals surface area contributed by atoms with E-state index < -0.39 is 5.82 Å². The second-order valence-electron chi connectivity index (χ2n) is 4.88. The fourth-order valence-corrected chi connectivity index (χ4v) is 2.22. The number of halogens is 1. The van der Waals surface area contributed by atoms with E-state index in [1.54, 1.807) is 12.1 Å². The van der Waals surface area contributed by atoms with Crippen molar-refractivity contribution in [3.05, 3.63) is 29.8 Å². The van der Waals surface area contributed by atoms with Crippen molar-refractivity contribution >= 4 is 5.69 Å². The van der Waals surface area contributed by atoms with Crippen LogP contribution in [0.5, 0.6) is 0 Å². The number of nitrogens with zero attached hydrogens (tertiary/aromatic N) is 2. The molecule has 0 radical (unpaired) electrons. The molecule has 3 rings (SSSR count). The molecule has 1 saturated carbocycles. The first-order valence-corrected chi connectivity index (χ1v) is 6.70. The fraction of sp³-hybridized carbons (Fsp3) is 0.429. The molecule has 0 aliphatic heterocycles. The second-order valence-corrected chi connectivity index (χ2v) is 4.88. The van der Waals surface area contributed by atoms with Crippen LogP contribution in [0.3, 0.4) is 0 Å². The van der Waals surface area contributed by atoms with Crippen molar-refractivity contribution in [1.29, 1.82) is 0 Å². The van der Waals surface area contributed by atoms with Crippen LogP contribution in [0.25, 0.3) is 11.5 Å². The summed E-state index contributed by atoms with van der Waals surface area (Å²) in [7, 11) is 0. The minimum atomic E-state index is -0.473. The van der Waals surface area contributed by atoms with E-state index >= 15 is 0 Å². The third-order valence-corrected chi connectivity index (χ3v) is 3.35. The van der Waals surface area contributed by atoms with Crippen LogP contribution >= 0.6 is 0 Å². The Balaban J connectivity index is 1.93. The lowest BCUT2D eigenvalue weighted by atomic mass is 10.1. The molecule has 1 atom stereocenters. The van der Waals surface area contributed by atoms with E-state index in [4.69, 9.17) is 15.0 Å². The number of hydrogen-bond acceptors (Lipinski definition) is 5. The molecule has 0 bridgehead atoms. The molecule has 1 aromatic carbocycles. The van der Waals surface area contributed by atoms with E-state index in [9.17, 15) is 4.39 Å². The molecular weight excluding hydrogens is 261 g/mol. The lowest BCUT2D eigenvalue weighted by Crippen LogP contribution is -2.08. The van der Waals surface area contributed by atoms with Crippen LogP contribution in [0.2, 0.25) is 0 Å². The Labute approximate surface area is 115 Å². The van der Waals surface area contributed by atoms with Gasteiger partial charge in [0.2, 0.25) is 5.82 Å². The van der Waals surface area contributed by atoms with Crippen molar-refractivity contribution in [1.82, 2.24) is 10.1 Å². The van der Waals surface area contributed by atoms with Gasteiger partial charge in [-0.1, -0.05) is 11.2 Å². The highest BCUT2D eigenvalue weighted by atomic mass is 19.1. The summed E-state index contributed by atoms with van der Waals surface area (Å²) in [6.45, 7) is 2.50. The van der Waals surface area contributed by atoms with Gasteiger partial charge in [0.1, 0.15) is 11.9 Å². The van der Waals surface area contributed by atoms with Crippen molar-refractivity contribution < 1.29 is 13.7 Å². The van der Waals surface area contributed by atoms with Crippen molar-refractivity contribution in [2.24, 2.45) is 5.92 Å². The quantitative estimate of drug-likeness (QED) is 0.850. The number of benzene rings is 1. The molecule has 20 heavy (non-hydrogen) atoms. The molecule has 1 aliphatic carbocycles. The molecule has 1 aromatic heterocycles. The van der Waals surface area contributed by atoms with Gasteiger partial charge in [-0.2, -0.15) is 4.98 Å². The van der Waals surface area contributed by atoms with Crippen LogP contribution in [0.15, 0.2) is 22.7 Å². The Morgan fingerprint density at radius 2 is 2.30 bits per heavy atom. The molecule has 2 N–H and O–H groups in total. The molecule has 2 aromatic rings. The number of anilines is 1. The zero-order valence-electron chi connectivity index (χ0n) is 11.2. The van der Waals surface area contributed by atoms with Crippen LogP contribution in [0.4, 0.5) is 10.1 Å². The highest BCUT2D eigenvalue weighted by Gasteiger charge is 2.36. The molecule has 1 fully saturated rings. The van der Waals surface area contributed by atoms with Crippen LogP contribution in [-0.2, 0) is 4.74 Å². The maximum atomic E-state index is 13.8. The summed E-state index contributed by atoms with van der Waals surface area (Å²) in [5.74, 6) is 0.519. The molecule has 106 valence electrons. The highest BCUT2D eigenvalue weighted by molar-refractivity contribution is 5.70. The predicted molar refractivity (Wildman–Crippen MR) is 71.2 cm³/mol. The van der Waals surface area contributed by atoms with Gasteiger partial charge in [0.15, 0.2) is 0 Å². The molecular formula is C14H16FN3O2. The van der Waals surface area contributed by atoms with Gasteiger partial charge < -0.3 is 15.0 Å². The summed E-state index contributed by atoms with van der Waals surface area (Å²) in [5.41, 5.74) is 6.20. The average molecular weight is 277 g/mol. The Bertz CT molecular complexity index is 590. The standard InChI is InChI=1S/C14H16FN3O2/c1-2-19-12(8-6-7-8)13-17-14(20-18-13)11-9(15)4-3-5-10(11)16/h3-5,8,12H,2,6-7,16H2,1H3. The summed E-state index contributed by atoms with van der Waals surface area (Å²) >= 11 is 0. The third kappa shape index (κ3) is 2.38. The van der Waals surface area contributed by atoms with Gasteiger partial charge in [-0.25, -0.2) is 4.39 Å². The zero-order chi connectivity index (χ0) is 14.1. The monoisotopic (exact) mass is 277 g/mol. The van der Waals surface area contributed by atoms with Crippen LogP contribution in [0.1, 0.15) is 31.7 Å². The maximum Gasteiger partial charge on any atom is 0.263 e. The predicted octanol–water partition coefficient (Wildman–Crippen LogP) is 2.95. The maximum absolute atomic E-state index is 13.8. The van der Waals surface area contributed by atoms with Gasteiger partial charge in [-0.05, 0) is 37.8 Å². The van der Waals surface area contributed by atoms with E-state index in [1.807, 2.05) is 6.92 Å². The highest BCUT2D eigenvalue weighted by Crippen LogP contribution is 2.42. The van der Waals surface area contributed by atoms with Crippen molar-refractivity contribution in [2.75, 3.05) is 12.3 Å². The Morgan fingerprint density at radius 1 is 1.50 bits per heavy atom. The average Bonchev–Trinajstić information content (AvgIpc) is 3.15. The van der Waals surface area contributed by atoms with Gasteiger partial charge in [0, 0.05) is 12.3 Å². The minimum Gasteiger partial charge on any atom is -0.398 e. The topological polar surface area (TPSA) is 74.2 Å². The first-order valence-electron chi connectivity index (χ1n) is 6.70. The van der Waals surface area contributed by atoms with E-state index in [0.717, 1.165) is 12.8 Å². The lowest BCUT2D eigenvalue weighted by Gasteiger charge is -2.11. The van der Waals surface area contributed by atoms with Gasteiger partial charge >= 0.3 is 0 Å².